The van der Waals surface area contributed by atoms with Gasteiger partial charge in [-0.1, -0.05) is 45.2 Å². The van der Waals surface area contributed by atoms with Crippen molar-refractivity contribution in [3.63, 3.8) is 0 Å². The molecule has 0 amide bonds. The standard InChI is InChI=1S/C23H34N2O4S/c1-5-7-8-19(6-2)17-29-22(26)13-14-30(27)23-18(3)15-24-25(23)16-20-9-11-21(28-4)12-10-20/h9-12,15,19H,5-8,13-14,16-17H2,1-4H3. The molecule has 1 aromatic carbocycles. The van der Waals surface area contributed by atoms with E-state index in [1.54, 1.807) is 18.0 Å². The van der Waals surface area contributed by atoms with Gasteiger partial charge in [-0.3, -0.25) is 13.7 Å². The van der Waals surface area contributed by atoms with Gasteiger partial charge in [-0.15, -0.1) is 0 Å². The third-order valence-electron chi connectivity index (χ3n) is 5.18. The average Bonchev–Trinajstić information content (AvgIpc) is 3.12. The summed E-state index contributed by atoms with van der Waals surface area (Å²) in [6, 6.07) is 7.70. The van der Waals surface area contributed by atoms with E-state index in [4.69, 9.17) is 9.47 Å². The molecular formula is C23H34N2O4S. The zero-order valence-corrected chi connectivity index (χ0v) is 19.4. The van der Waals surface area contributed by atoms with Crippen LogP contribution in [-0.4, -0.2) is 39.4 Å². The normalized spacial score (nSPS) is 13.1. The largest absolute Gasteiger partial charge is 0.497 e. The quantitative estimate of drug-likeness (QED) is 0.434. The maximum absolute atomic E-state index is 12.9. The van der Waals surface area contributed by atoms with E-state index in [9.17, 15) is 9.00 Å². The van der Waals surface area contributed by atoms with Crippen molar-refractivity contribution in [1.29, 1.82) is 0 Å². The molecule has 0 saturated heterocycles. The van der Waals surface area contributed by atoms with E-state index in [1.165, 1.54) is 0 Å². The van der Waals surface area contributed by atoms with Crippen LogP contribution in [0.25, 0.3) is 0 Å². The summed E-state index contributed by atoms with van der Waals surface area (Å²) in [5.74, 6) is 1.15. The highest BCUT2D eigenvalue weighted by atomic mass is 32.2. The van der Waals surface area contributed by atoms with Gasteiger partial charge in [-0.25, -0.2) is 0 Å². The number of nitrogens with zero attached hydrogens (tertiary/aromatic N) is 2. The van der Waals surface area contributed by atoms with Gasteiger partial charge in [-0.05, 0) is 37.0 Å². The van der Waals surface area contributed by atoms with Crippen LogP contribution >= 0.6 is 0 Å². The average molecular weight is 435 g/mol. The number of unbranched alkanes of at least 4 members (excludes halogenated alkanes) is 1. The molecule has 1 aromatic heterocycles. The first-order chi connectivity index (χ1) is 14.5. The summed E-state index contributed by atoms with van der Waals surface area (Å²) in [6.07, 6.45) is 6.24. The fraction of sp³-hybridized carbons (Fsp3) is 0.565. The van der Waals surface area contributed by atoms with Crippen molar-refractivity contribution in [2.24, 2.45) is 5.92 Å². The zero-order valence-electron chi connectivity index (χ0n) is 18.6. The minimum absolute atomic E-state index is 0.143. The fourth-order valence-electron chi connectivity index (χ4n) is 3.23. The highest BCUT2D eigenvalue weighted by molar-refractivity contribution is 7.85. The lowest BCUT2D eigenvalue weighted by atomic mass is 10.0. The Morgan fingerprint density at radius 1 is 1.23 bits per heavy atom. The fourth-order valence-corrected chi connectivity index (χ4v) is 4.54. The first-order valence-corrected chi connectivity index (χ1v) is 12.0. The lowest BCUT2D eigenvalue weighted by molar-refractivity contribution is -0.144. The van der Waals surface area contributed by atoms with E-state index < -0.39 is 10.8 Å². The van der Waals surface area contributed by atoms with Gasteiger partial charge in [0.2, 0.25) is 0 Å². The first-order valence-electron chi connectivity index (χ1n) is 10.7. The molecule has 0 aliphatic rings. The molecule has 0 fully saturated rings. The molecule has 0 N–H and O–H groups in total. The van der Waals surface area contributed by atoms with E-state index >= 15 is 0 Å². The Hall–Kier alpha value is -2.15. The van der Waals surface area contributed by atoms with Crippen molar-refractivity contribution < 1.29 is 18.5 Å². The molecule has 1 heterocycles. The summed E-state index contributed by atoms with van der Waals surface area (Å²) in [6.45, 7) is 7.14. The number of rotatable bonds is 13. The predicted octanol–water partition coefficient (Wildman–Crippen LogP) is 4.51. The summed E-state index contributed by atoms with van der Waals surface area (Å²) in [7, 11) is 0.309. The zero-order chi connectivity index (χ0) is 21.9. The van der Waals surface area contributed by atoms with Crippen LogP contribution in [0.1, 0.15) is 57.1 Å². The number of hydrogen-bond donors (Lipinski definition) is 0. The van der Waals surface area contributed by atoms with E-state index in [-0.39, 0.29) is 18.1 Å². The highest BCUT2D eigenvalue weighted by Crippen LogP contribution is 2.18. The molecular weight excluding hydrogens is 400 g/mol. The van der Waals surface area contributed by atoms with Crippen LogP contribution in [0.2, 0.25) is 0 Å². The number of carbonyl (C=O) groups is 1. The number of aryl methyl sites for hydroxylation is 1. The number of ether oxygens (including phenoxy) is 2. The third kappa shape index (κ3) is 7.27. The van der Waals surface area contributed by atoms with Crippen molar-refractivity contribution in [2.75, 3.05) is 19.5 Å². The van der Waals surface area contributed by atoms with Gasteiger partial charge in [-0.2, -0.15) is 5.10 Å². The summed E-state index contributed by atoms with van der Waals surface area (Å²) >= 11 is 0. The maximum Gasteiger partial charge on any atom is 0.306 e. The Kier molecular flexibility index (Phi) is 10.1. The van der Waals surface area contributed by atoms with Crippen molar-refractivity contribution >= 4 is 16.8 Å². The third-order valence-corrected chi connectivity index (χ3v) is 6.72. The molecule has 2 rings (SSSR count). The van der Waals surface area contributed by atoms with Gasteiger partial charge < -0.3 is 9.47 Å². The summed E-state index contributed by atoms with van der Waals surface area (Å²) in [5.41, 5.74) is 1.90. The van der Waals surface area contributed by atoms with Crippen LogP contribution < -0.4 is 4.74 Å². The summed E-state index contributed by atoms with van der Waals surface area (Å²) in [4.78, 5) is 12.1. The highest BCUT2D eigenvalue weighted by Gasteiger charge is 2.17. The Bertz CT molecular complexity index is 817. The topological polar surface area (TPSA) is 70.4 Å². The summed E-state index contributed by atoms with van der Waals surface area (Å²) in [5, 5.41) is 5.04. The van der Waals surface area contributed by atoms with Crippen molar-refractivity contribution in [3.05, 3.63) is 41.6 Å². The molecule has 0 aliphatic carbocycles. The Labute approximate surface area is 182 Å². The number of aromatic nitrogens is 2. The second kappa shape index (κ2) is 12.5. The van der Waals surface area contributed by atoms with Crippen LogP contribution in [0.4, 0.5) is 0 Å². The molecule has 2 unspecified atom stereocenters. The van der Waals surface area contributed by atoms with Gasteiger partial charge in [0.05, 0.1) is 43.7 Å². The van der Waals surface area contributed by atoms with Crippen LogP contribution in [0.15, 0.2) is 35.5 Å². The van der Waals surface area contributed by atoms with E-state index in [1.807, 2.05) is 31.2 Å². The van der Waals surface area contributed by atoms with Crippen molar-refractivity contribution in [3.8, 4) is 5.75 Å². The molecule has 2 atom stereocenters. The number of carbonyl (C=O) groups excluding carboxylic acids is 1. The van der Waals surface area contributed by atoms with Crippen molar-refractivity contribution in [2.45, 2.75) is 64.4 Å². The van der Waals surface area contributed by atoms with E-state index in [0.29, 0.717) is 24.1 Å². The molecule has 0 bridgehead atoms. The molecule has 0 aliphatic heterocycles. The van der Waals surface area contributed by atoms with E-state index in [2.05, 4.69) is 18.9 Å². The molecule has 2 aromatic rings. The van der Waals surface area contributed by atoms with Crippen LogP contribution in [0, 0.1) is 12.8 Å². The Morgan fingerprint density at radius 3 is 2.60 bits per heavy atom. The van der Waals surface area contributed by atoms with Crippen LogP contribution in [0.5, 0.6) is 5.75 Å². The van der Waals surface area contributed by atoms with Gasteiger partial charge in [0.25, 0.3) is 0 Å². The molecule has 0 saturated carbocycles. The minimum atomic E-state index is -1.32. The lowest BCUT2D eigenvalue weighted by Crippen LogP contribution is -2.17. The van der Waals surface area contributed by atoms with Crippen molar-refractivity contribution in [1.82, 2.24) is 9.78 Å². The van der Waals surface area contributed by atoms with Crippen LogP contribution in [-0.2, 0) is 26.9 Å². The van der Waals surface area contributed by atoms with Gasteiger partial charge in [0, 0.05) is 11.3 Å². The molecule has 0 spiro atoms. The molecule has 0 radical (unpaired) electrons. The number of benzene rings is 1. The Balaban J connectivity index is 1.90. The van der Waals surface area contributed by atoms with Gasteiger partial charge in [0.15, 0.2) is 0 Å². The van der Waals surface area contributed by atoms with Gasteiger partial charge >= 0.3 is 5.97 Å². The SMILES string of the molecule is CCCCC(CC)COC(=O)CCS(=O)c1c(C)cnn1Cc1ccc(OC)cc1. The number of esters is 1. The molecule has 166 valence electrons. The smallest absolute Gasteiger partial charge is 0.306 e. The molecule has 30 heavy (non-hydrogen) atoms. The molecule has 7 heteroatoms. The maximum atomic E-state index is 12.9. The monoisotopic (exact) mass is 434 g/mol. The number of methoxy groups -OCH3 is 1. The first kappa shape index (κ1) is 24.1. The summed E-state index contributed by atoms with van der Waals surface area (Å²) < 4.78 is 25.3. The Morgan fingerprint density at radius 2 is 1.97 bits per heavy atom. The lowest BCUT2D eigenvalue weighted by Gasteiger charge is -2.14. The van der Waals surface area contributed by atoms with E-state index in [0.717, 1.165) is 42.6 Å². The van der Waals surface area contributed by atoms with Crippen LogP contribution in [0.3, 0.4) is 0 Å². The molecule has 6 nitrogen and oxygen atoms in total. The van der Waals surface area contributed by atoms with Gasteiger partial charge in [0.1, 0.15) is 10.8 Å². The minimum Gasteiger partial charge on any atom is -0.497 e. The predicted molar refractivity (Wildman–Crippen MR) is 119 cm³/mol. The second-order valence-electron chi connectivity index (χ2n) is 7.54. The number of hydrogen-bond acceptors (Lipinski definition) is 5. The second-order valence-corrected chi connectivity index (χ2v) is 9.02.